The Morgan fingerprint density at radius 3 is 2.62 bits per heavy atom. The van der Waals surface area contributed by atoms with Crippen LogP contribution in [0.15, 0.2) is 0 Å². The van der Waals surface area contributed by atoms with Crippen LogP contribution in [-0.4, -0.2) is 35.5 Å². The third kappa shape index (κ3) is 2.00. The highest BCUT2D eigenvalue weighted by molar-refractivity contribution is 5.80. The van der Waals surface area contributed by atoms with Gasteiger partial charge in [-0.2, -0.15) is 0 Å². The Bertz CT molecular complexity index is 195. The van der Waals surface area contributed by atoms with Gasteiger partial charge in [0, 0.05) is 18.6 Å². The van der Waals surface area contributed by atoms with E-state index in [0.717, 1.165) is 19.4 Å². The van der Waals surface area contributed by atoms with Crippen molar-refractivity contribution in [2.45, 2.75) is 44.8 Å². The molecule has 4 N–H and O–H groups in total. The molecule has 1 aliphatic rings. The first kappa shape index (κ1) is 10.5. The molecule has 13 heavy (non-hydrogen) atoms. The predicted molar refractivity (Wildman–Crippen MR) is 52.0 cm³/mol. The number of carbonyl (C=O) groups excluding carboxylic acids is 1. The molecular formula is C9H19N3O. The van der Waals surface area contributed by atoms with Gasteiger partial charge < -0.3 is 11.5 Å². The molecule has 1 saturated heterocycles. The lowest BCUT2D eigenvalue weighted by atomic mass is 9.95. The van der Waals surface area contributed by atoms with E-state index in [1.165, 1.54) is 0 Å². The third-order valence-electron chi connectivity index (χ3n) is 3.00. The van der Waals surface area contributed by atoms with E-state index in [4.69, 9.17) is 11.5 Å². The second-order valence-corrected chi connectivity index (χ2v) is 3.76. The lowest BCUT2D eigenvalue weighted by molar-refractivity contribution is -0.129. The molecule has 1 aliphatic heterocycles. The molecule has 0 spiro atoms. The van der Waals surface area contributed by atoms with Crippen molar-refractivity contribution in [2.75, 3.05) is 6.54 Å². The molecule has 4 heteroatoms. The molecule has 1 heterocycles. The molecule has 0 bridgehead atoms. The smallest absolute Gasteiger partial charge is 0.234 e. The van der Waals surface area contributed by atoms with E-state index in [1.54, 1.807) is 0 Å². The van der Waals surface area contributed by atoms with Crippen molar-refractivity contribution in [1.29, 1.82) is 0 Å². The Balaban J connectivity index is 2.48. The van der Waals surface area contributed by atoms with Gasteiger partial charge in [0.05, 0.1) is 6.04 Å². The summed E-state index contributed by atoms with van der Waals surface area (Å²) in [5.74, 6) is -0.221. The monoisotopic (exact) mass is 185 g/mol. The number of amides is 1. The minimum Gasteiger partial charge on any atom is -0.368 e. The lowest BCUT2D eigenvalue weighted by Gasteiger charge is -2.44. The first-order chi connectivity index (χ1) is 6.07. The number of likely N-dealkylation sites (tertiary alicyclic amines) is 1. The van der Waals surface area contributed by atoms with Gasteiger partial charge in [0.2, 0.25) is 5.91 Å². The van der Waals surface area contributed by atoms with E-state index >= 15 is 0 Å². The van der Waals surface area contributed by atoms with Crippen molar-refractivity contribution in [3.63, 3.8) is 0 Å². The second-order valence-electron chi connectivity index (χ2n) is 3.76. The van der Waals surface area contributed by atoms with Gasteiger partial charge in [0.1, 0.15) is 0 Å². The molecule has 3 atom stereocenters. The van der Waals surface area contributed by atoms with E-state index in [-0.39, 0.29) is 24.0 Å². The third-order valence-corrected chi connectivity index (χ3v) is 3.00. The van der Waals surface area contributed by atoms with Gasteiger partial charge >= 0.3 is 0 Å². The zero-order valence-corrected chi connectivity index (χ0v) is 8.36. The first-order valence-electron chi connectivity index (χ1n) is 4.88. The molecule has 76 valence electrons. The van der Waals surface area contributed by atoms with Crippen LogP contribution >= 0.6 is 0 Å². The van der Waals surface area contributed by atoms with Crippen LogP contribution in [0.4, 0.5) is 0 Å². The summed E-state index contributed by atoms with van der Waals surface area (Å²) in [6.07, 6.45) is 1.82. The Morgan fingerprint density at radius 1 is 1.69 bits per heavy atom. The number of rotatable bonds is 4. The fraction of sp³-hybridized carbons (Fsp3) is 0.889. The van der Waals surface area contributed by atoms with Gasteiger partial charge in [-0.1, -0.05) is 6.92 Å². The summed E-state index contributed by atoms with van der Waals surface area (Å²) in [7, 11) is 0. The number of carbonyl (C=O) groups is 1. The second kappa shape index (κ2) is 4.07. The van der Waals surface area contributed by atoms with Crippen LogP contribution in [0.2, 0.25) is 0 Å². The normalized spacial score (nSPS) is 27.8. The lowest BCUT2D eigenvalue weighted by Crippen LogP contribution is -2.61. The number of hydrogen-bond acceptors (Lipinski definition) is 3. The van der Waals surface area contributed by atoms with E-state index in [0.29, 0.717) is 0 Å². The predicted octanol–water partition coefficient (Wildman–Crippen LogP) is -0.328. The molecule has 0 saturated carbocycles. The molecule has 1 amide bonds. The van der Waals surface area contributed by atoms with Gasteiger partial charge in [-0.3, -0.25) is 9.69 Å². The number of primary amides is 1. The number of hydrogen-bond donors (Lipinski definition) is 2. The van der Waals surface area contributed by atoms with E-state index in [1.807, 2.05) is 0 Å². The van der Waals surface area contributed by atoms with Crippen molar-refractivity contribution in [3.8, 4) is 0 Å². The number of nitrogens with two attached hydrogens (primary N) is 2. The van der Waals surface area contributed by atoms with E-state index < -0.39 is 0 Å². The zero-order chi connectivity index (χ0) is 10.0. The van der Waals surface area contributed by atoms with Crippen molar-refractivity contribution in [2.24, 2.45) is 11.5 Å². The van der Waals surface area contributed by atoms with Crippen LogP contribution in [-0.2, 0) is 4.79 Å². The van der Waals surface area contributed by atoms with Crippen LogP contribution in [0.1, 0.15) is 26.7 Å². The first-order valence-corrected chi connectivity index (χ1v) is 4.88. The molecule has 1 fully saturated rings. The minimum absolute atomic E-state index is 0.0763. The fourth-order valence-corrected chi connectivity index (χ4v) is 1.79. The Kier molecular flexibility index (Phi) is 3.27. The van der Waals surface area contributed by atoms with Crippen LogP contribution < -0.4 is 11.5 Å². The average molecular weight is 185 g/mol. The Labute approximate surface area is 79.3 Å². The summed E-state index contributed by atoms with van der Waals surface area (Å²) < 4.78 is 0. The van der Waals surface area contributed by atoms with Crippen LogP contribution in [0, 0.1) is 0 Å². The molecule has 1 rings (SSSR count). The summed E-state index contributed by atoms with van der Waals surface area (Å²) in [5, 5.41) is 0. The quantitative estimate of drug-likeness (QED) is 0.630. The van der Waals surface area contributed by atoms with Crippen molar-refractivity contribution in [3.05, 3.63) is 0 Å². The van der Waals surface area contributed by atoms with Crippen molar-refractivity contribution in [1.82, 2.24) is 4.90 Å². The Morgan fingerprint density at radius 2 is 2.31 bits per heavy atom. The molecule has 3 unspecified atom stereocenters. The molecule has 0 aliphatic carbocycles. The summed E-state index contributed by atoms with van der Waals surface area (Å²) >= 11 is 0. The van der Waals surface area contributed by atoms with E-state index in [9.17, 15) is 4.79 Å². The maximum atomic E-state index is 10.9. The SMILES string of the molecule is CCC(N)C(C)N1CCC1C(N)=O. The van der Waals surface area contributed by atoms with Gasteiger partial charge in [0.15, 0.2) is 0 Å². The highest BCUT2D eigenvalue weighted by Crippen LogP contribution is 2.21. The van der Waals surface area contributed by atoms with Gasteiger partial charge in [-0.05, 0) is 19.8 Å². The summed E-state index contributed by atoms with van der Waals surface area (Å²) in [4.78, 5) is 13.0. The summed E-state index contributed by atoms with van der Waals surface area (Å²) in [5.41, 5.74) is 11.1. The standard InChI is InChI=1S/C9H19N3O/c1-3-7(10)6(2)12-5-4-8(12)9(11)13/h6-8H,3-5,10H2,1-2H3,(H2,11,13). The topological polar surface area (TPSA) is 72.3 Å². The molecule has 0 aromatic carbocycles. The number of nitrogens with zero attached hydrogens (tertiary/aromatic N) is 1. The minimum atomic E-state index is -0.221. The molecule has 4 nitrogen and oxygen atoms in total. The van der Waals surface area contributed by atoms with Gasteiger partial charge in [-0.25, -0.2) is 0 Å². The van der Waals surface area contributed by atoms with Crippen LogP contribution in [0.5, 0.6) is 0 Å². The maximum Gasteiger partial charge on any atom is 0.234 e. The molecule has 0 radical (unpaired) electrons. The van der Waals surface area contributed by atoms with Crippen molar-refractivity contribution < 1.29 is 4.79 Å². The molecule has 0 aromatic rings. The molecular weight excluding hydrogens is 166 g/mol. The van der Waals surface area contributed by atoms with Crippen molar-refractivity contribution >= 4 is 5.91 Å². The zero-order valence-electron chi connectivity index (χ0n) is 8.36. The fourth-order valence-electron chi connectivity index (χ4n) is 1.79. The molecule has 0 aromatic heterocycles. The van der Waals surface area contributed by atoms with Crippen LogP contribution in [0.3, 0.4) is 0 Å². The average Bonchev–Trinajstić information content (AvgIpc) is 1.99. The highest BCUT2D eigenvalue weighted by atomic mass is 16.1. The van der Waals surface area contributed by atoms with E-state index in [2.05, 4.69) is 18.7 Å². The van der Waals surface area contributed by atoms with Gasteiger partial charge in [0.25, 0.3) is 0 Å². The maximum absolute atomic E-state index is 10.9. The van der Waals surface area contributed by atoms with Gasteiger partial charge in [-0.15, -0.1) is 0 Å². The van der Waals surface area contributed by atoms with Crippen LogP contribution in [0.25, 0.3) is 0 Å². The summed E-state index contributed by atoms with van der Waals surface area (Å²) in [6.45, 7) is 5.06. The Hall–Kier alpha value is -0.610. The highest BCUT2D eigenvalue weighted by Gasteiger charge is 2.37. The summed E-state index contributed by atoms with van der Waals surface area (Å²) in [6, 6.07) is 0.325. The largest absolute Gasteiger partial charge is 0.368 e.